The molecule has 0 amide bonds. The van der Waals surface area contributed by atoms with Crippen molar-refractivity contribution >= 4 is 0 Å². The quantitative estimate of drug-likeness (QED) is 0.360. The lowest BCUT2D eigenvalue weighted by atomic mass is 9.96. The molecule has 0 saturated carbocycles. The zero-order valence-electron chi connectivity index (χ0n) is 19.5. The minimum absolute atomic E-state index is 0.0319. The second-order valence-electron chi connectivity index (χ2n) is 8.54. The Kier molecular flexibility index (Phi) is 6.13. The first-order valence-electron chi connectivity index (χ1n) is 11.3. The fourth-order valence-corrected chi connectivity index (χ4v) is 4.13. The molecule has 1 aliphatic rings. The molecule has 1 aliphatic heterocycles. The van der Waals surface area contributed by atoms with Gasteiger partial charge in [-0.05, 0) is 42.7 Å². The Morgan fingerprint density at radius 3 is 2.65 bits per heavy atom. The van der Waals surface area contributed by atoms with Crippen LogP contribution in [0.15, 0.2) is 65.6 Å². The summed E-state index contributed by atoms with van der Waals surface area (Å²) in [5.41, 5.74) is 3.47. The van der Waals surface area contributed by atoms with E-state index in [1.165, 1.54) is 12.1 Å². The van der Waals surface area contributed by atoms with E-state index in [0.717, 1.165) is 40.9 Å². The van der Waals surface area contributed by atoms with E-state index < -0.39 is 17.4 Å². The highest BCUT2D eigenvalue weighted by Crippen LogP contribution is 2.32. The first kappa shape index (κ1) is 24.1. The molecule has 0 atom stereocenters. The maximum Gasteiger partial charge on any atom is 0.417 e. The molecule has 0 unspecified atom stereocenters. The van der Waals surface area contributed by atoms with Crippen molar-refractivity contribution in [3.05, 3.63) is 99.1 Å². The van der Waals surface area contributed by atoms with Gasteiger partial charge in [0.1, 0.15) is 18.4 Å². The zero-order valence-corrected chi connectivity index (χ0v) is 19.5. The molecule has 3 heterocycles. The standard InChI is InChI=1S/C27H19F3N4O3/c1-16-2-5-21-18(10-16)8-9-34-22(21)12-25(33-26(34)35)36-15-17-3-6-23(19(11-17)13-31)37-24-7-4-20(14-32-24)27(28,29)30/h2-7,10-12,14H,8-9,15H2,1H3. The highest BCUT2D eigenvalue weighted by atomic mass is 19.4. The molecule has 2 aromatic heterocycles. The normalized spacial score (nSPS) is 12.3. The second kappa shape index (κ2) is 9.43. The van der Waals surface area contributed by atoms with Gasteiger partial charge >= 0.3 is 11.9 Å². The van der Waals surface area contributed by atoms with Gasteiger partial charge in [0.15, 0.2) is 0 Å². The molecule has 0 fully saturated rings. The summed E-state index contributed by atoms with van der Waals surface area (Å²) in [5, 5.41) is 9.54. The predicted molar refractivity (Wildman–Crippen MR) is 127 cm³/mol. The Morgan fingerprint density at radius 2 is 1.92 bits per heavy atom. The largest absolute Gasteiger partial charge is 0.473 e. The van der Waals surface area contributed by atoms with Crippen LogP contribution < -0.4 is 15.2 Å². The minimum atomic E-state index is -4.51. The van der Waals surface area contributed by atoms with E-state index in [1.54, 1.807) is 16.7 Å². The molecule has 7 nitrogen and oxygen atoms in total. The summed E-state index contributed by atoms with van der Waals surface area (Å²) in [7, 11) is 0. The van der Waals surface area contributed by atoms with Crippen LogP contribution in [0.25, 0.3) is 11.3 Å². The topological polar surface area (TPSA) is 90.0 Å². The van der Waals surface area contributed by atoms with Crippen LogP contribution in [0.2, 0.25) is 0 Å². The van der Waals surface area contributed by atoms with Gasteiger partial charge < -0.3 is 9.47 Å². The van der Waals surface area contributed by atoms with Crippen molar-refractivity contribution in [2.45, 2.75) is 32.7 Å². The average molecular weight is 504 g/mol. The van der Waals surface area contributed by atoms with Gasteiger partial charge in [-0.2, -0.15) is 23.4 Å². The van der Waals surface area contributed by atoms with Crippen molar-refractivity contribution in [1.82, 2.24) is 14.5 Å². The van der Waals surface area contributed by atoms with Crippen LogP contribution in [0, 0.1) is 18.3 Å². The van der Waals surface area contributed by atoms with E-state index in [0.29, 0.717) is 18.3 Å². The first-order chi connectivity index (χ1) is 17.7. The Labute approximate surface area is 209 Å². The maximum absolute atomic E-state index is 12.7. The monoisotopic (exact) mass is 504 g/mol. The third-order valence-corrected chi connectivity index (χ3v) is 5.96. The third-order valence-electron chi connectivity index (χ3n) is 5.96. The summed E-state index contributed by atoms with van der Waals surface area (Å²) in [4.78, 5) is 20.3. The molecule has 186 valence electrons. The molecule has 37 heavy (non-hydrogen) atoms. The Bertz CT molecular complexity index is 1590. The number of halogens is 3. The molecular weight excluding hydrogens is 485 g/mol. The van der Waals surface area contributed by atoms with E-state index in [9.17, 15) is 23.2 Å². The molecule has 0 bridgehead atoms. The maximum atomic E-state index is 12.7. The van der Waals surface area contributed by atoms with Gasteiger partial charge in [0, 0.05) is 30.4 Å². The zero-order chi connectivity index (χ0) is 26.2. The molecule has 0 spiro atoms. The number of fused-ring (bicyclic) bond motifs is 3. The van der Waals surface area contributed by atoms with Gasteiger partial charge in [-0.25, -0.2) is 9.78 Å². The van der Waals surface area contributed by atoms with Crippen molar-refractivity contribution < 1.29 is 22.6 Å². The highest BCUT2D eigenvalue weighted by Gasteiger charge is 2.30. The number of aryl methyl sites for hydroxylation is 2. The van der Waals surface area contributed by atoms with Crippen molar-refractivity contribution in [3.63, 3.8) is 0 Å². The van der Waals surface area contributed by atoms with E-state index in [-0.39, 0.29) is 29.7 Å². The smallest absolute Gasteiger partial charge is 0.417 e. The van der Waals surface area contributed by atoms with Gasteiger partial charge in [-0.3, -0.25) is 4.57 Å². The number of nitriles is 1. The van der Waals surface area contributed by atoms with Crippen molar-refractivity contribution in [3.8, 4) is 34.8 Å². The lowest BCUT2D eigenvalue weighted by Gasteiger charge is -2.22. The molecule has 0 radical (unpaired) electrons. The molecule has 0 aliphatic carbocycles. The van der Waals surface area contributed by atoms with Gasteiger partial charge in [-0.1, -0.05) is 29.8 Å². The lowest BCUT2D eigenvalue weighted by Crippen LogP contribution is -2.28. The fourth-order valence-electron chi connectivity index (χ4n) is 4.13. The van der Waals surface area contributed by atoms with Crippen LogP contribution in [0.3, 0.4) is 0 Å². The number of hydrogen-bond acceptors (Lipinski definition) is 6. The number of benzene rings is 2. The number of ether oxygens (including phenoxy) is 2. The van der Waals surface area contributed by atoms with Gasteiger partial charge in [0.05, 0.1) is 16.8 Å². The van der Waals surface area contributed by atoms with E-state index in [2.05, 4.69) is 16.0 Å². The number of nitrogens with zero attached hydrogens (tertiary/aromatic N) is 4. The third kappa shape index (κ3) is 5.02. The lowest BCUT2D eigenvalue weighted by molar-refractivity contribution is -0.137. The van der Waals surface area contributed by atoms with Crippen LogP contribution in [0.1, 0.15) is 27.8 Å². The van der Waals surface area contributed by atoms with Crippen LogP contribution in [-0.2, 0) is 25.7 Å². The van der Waals surface area contributed by atoms with E-state index >= 15 is 0 Å². The highest BCUT2D eigenvalue weighted by molar-refractivity contribution is 5.67. The SMILES string of the molecule is Cc1ccc2c(c1)CCn1c-2cc(OCc2ccc(Oc3ccc(C(F)(F)F)cn3)c(C#N)c2)nc1=O. The number of alkyl halides is 3. The summed E-state index contributed by atoms with van der Waals surface area (Å²) in [6.07, 6.45) is -3.09. The van der Waals surface area contributed by atoms with Gasteiger partial charge in [0.25, 0.3) is 0 Å². The number of rotatable bonds is 5. The minimum Gasteiger partial charge on any atom is -0.473 e. The molecule has 10 heteroatoms. The Balaban J connectivity index is 1.33. The van der Waals surface area contributed by atoms with E-state index in [1.807, 2.05) is 25.1 Å². The van der Waals surface area contributed by atoms with Crippen molar-refractivity contribution in [1.29, 1.82) is 5.26 Å². The summed E-state index contributed by atoms with van der Waals surface area (Å²) in [6.45, 7) is 2.59. The van der Waals surface area contributed by atoms with E-state index in [4.69, 9.17) is 9.47 Å². The van der Waals surface area contributed by atoms with Crippen LogP contribution >= 0.6 is 0 Å². The molecule has 0 saturated heterocycles. The first-order valence-corrected chi connectivity index (χ1v) is 11.3. The number of aromatic nitrogens is 3. The molecular formula is C27H19F3N4O3. The fraction of sp³-hybridized carbons (Fsp3) is 0.185. The van der Waals surface area contributed by atoms with Crippen LogP contribution in [-0.4, -0.2) is 14.5 Å². The number of hydrogen-bond donors (Lipinski definition) is 0. The molecule has 2 aromatic carbocycles. The predicted octanol–water partition coefficient (Wildman–Crippen LogP) is 5.43. The summed E-state index contributed by atoms with van der Waals surface area (Å²) in [5.74, 6) is 0.218. The van der Waals surface area contributed by atoms with Gasteiger partial charge in [-0.15, -0.1) is 0 Å². The molecule has 4 aromatic rings. The number of pyridine rings is 1. The molecule has 0 N–H and O–H groups in total. The van der Waals surface area contributed by atoms with Gasteiger partial charge in [0.2, 0.25) is 11.8 Å². The summed E-state index contributed by atoms with van der Waals surface area (Å²) in [6, 6.07) is 16.4. The Hall–Kier alpha value is -4.65. The van der Waals surface area contributed by atoms with Crippen molar-refractivity contribution in [2.75, 3.05) is 0 Å². The average Bonchev–Trinajstić information content (AvgIpc) is 2.87. The van der Waals surface area contributed by atoms with Crippen LogP contribution in [0.5, 0.6) is 17.5 Å². The van der Waals surface area contributed by atoms with Crippen molar-refractivity contribution in [2.24, 2.45) is 0 Å². The summed E-state index contributed by atoms with van der Waals surface area (Å²) < 4.78 is 51.1. The second-order valence-corrected chi connectivity index (χ2v) is 8.54. The Morgan fingerprint density at radius 1 is 1.08 bits per heavy atom. The van der Waals surface area contributed by atoms with Crippen LogP contribution in [0.4, 0.5) is 13.2 Å². The molecule has 5 rings (SSSR count). The summed E-state index contributed by atoms with van der Waals surface area (Å²) >= 11 is 0.